The van der Waals surface area contributed by atoms with Crippen LogP contribution in [-0.2, 0) is 0 Å². The predicted octanol–water partition coefficient (Wildman–Crippen LogP) is 32.7. The molecule has 21 aromatic carbocycles. The van der Waals surface area contributed by atoms with E-state index in [0.717, 1.165) is 199 Å². The van der Waals surface area contributed by atoms with Crippen molar-refractivity contribution in [3.8, 4) is 85.4 Å². The van der Waals surface area contributed by atoms with E-state index in [9.17, 15) is 0 Å². The highest BCUT2D eigenvalue weighted by Gasteiger charge is 2.27. The monoisotopic (exact) mass is 1790 g/mol. The van der Waals surface area contributed by atoms with Crippen LogP contribution in [0.3, 0.4) is 0 Å². The average Bonchev–Trinajstić information content (AvgIpc) is 1.56. The normalized spacial score (nSPS) is 12.3. The number of benzene rings is 21. The fourth-order valence-electron chi connectivity index (χ4n) is 23.9. The molecule has 0 aliphatic carbocycles. The zero-order valence-electron chi connectivity index (χ0n) is 75.9. The molecular weight excluding hydrogens is 1720 g/mol. The zero-order valence-corrected chi connectivity index (χ0v) is 75.9. The predicted molar refractivity (Wildman–Crippen MR) is 585 cm³/mol. The van der Waals surface area contributed by atoms with E-state index in [1.807, 2.05) is 0 Å². The van der Waals surface area contributed by atoms with Gasteiger partial charge in [-0.3, -0.25) is 0 Å². The molecule has 0 aliphatic rings. The number of fused-ring (bicyclic) bond motifs is 27. The topological polar surface area (TPSA) is 83.0 Å². The van der Waals surface area contributed by atoms with Crippen LogP contribution in [0.1, 0.15) is 0 Å². The Morgan fingerprint density at radius 1 is 0.0993 bits per heavy atom. The molecule has 0 atom stereocenters. The molecule has 0 aliphatic heterocycles. The number of rotatable bonds is 12. The highest BCUT2D eigenvalue weighted by atomic mass is 15.1. The molecule has 0 saturated carbocycles. The van der Waals surface area contributed by atoms with Crippen molar-refractivity contribution >= 4 is 196 Å². The lowest BCUT2D eigenvalue weighted by Gasteiger charge is -2.13. The molecule has 31 aromatic rings. The minimum absolute atomic E-state index is 0.546. The highest BCUT2D eigenvalue weighted by molar-refractivity contribution is 6.20. The van der Waals surface area contributed by atoms with Gasteiger partial charge in [0.25, 0.3) is 0 Å². The van der Waals surface area contributed by atoms with Gasteiger partial charge in [0, 0.05) is 165 Å². The van der Waals surface area contributed by atoms with E-state index in [-0.39, 0.29) is 0 Å². The number of hydrogen-bond donors (Lipinski definition) is 0. The fraction of sp³-hybridized carbons (Fsp3) is 0. The van der Waals surface area contributed by atoms with E-state index in [1.165, 1.54) is 64.6 Å². The van der Waals surface area contributed by atoms with E-state index in [4.69, 9.17) is 15.0 Å². The minimum atomic E-state index is 0.546. The lowest BCUT2D eigenvalue weighted by molar-refractivity contribution is 1.07. The minimum Gasteiger partial charge on any atom is -0.309 e. The van der Waals surface area contributed by atoms with Crippen LogP contribution in [0.2, 0.25) is 0 Å². The van der Waals surface area contributed by atoms with Gasteiger partial charge in [-0.15, -0.1) is 0 Å². The number of hydrogen-bond acceptors (Lipinski definition) is 3. The molecule has 12 nitrogen and oxygen atoms in total. The summed E-state index contributed by atoms with van der Waals surface area (Å²) in [6.07, 6.45) is 0. The molecule has 10 heterocycles. The van der Waals surface area contributed by atoms with E-state index >= 15 is 0 Å². The highest BCUT2D eigenvalue weighted by Crippen LogP contribution is 2.47. The molecule has 0 bridgehead atoms. The summed E-state index contributed by atoms with van der Waals surface area (Å²) in [5.41, 5.74) is 32.5. The lowest BCUT2D eigenvalue weighted by atomic mass is 10.1. The molecule has 12 heteroatoms. The lowest BCUT2D eigenvalue weighted by Crippen LogP contribution is -2.02. The van der Waals surface area contributed by atoms with Crippen LogP contribution < -0.4 is 0 Å². The summed E-state index contributed by atoms with van der Waals surface area (Å²) in [6.45, 7) is 0. The number of para-hydroxylation sites is 12. The van der Waals surface area contributed by atoms with Crippen molar-refractivity contribution in [1.82, 2.24) is 56.1 Å². The van der Waals surface area contributed by atoms with Crippen LogP contribution >= 0.6 is 0 Å². The smallest absolute Gasteiger partial charge is 0.164 e. The molecule has 0 spiro atoms. The summed E-state index contributed by atoms with van der Waals surface area (Å²) in [5, 5.41) is 21.5. The molecule has 0 radical (unpaired) electrons. The van der Waals surface area contributed by atoms with E-state index < -0.39 is 0 Å². The summed E-state index contributed by atoms with van der Waals surface area (Å²) in [6, 6.07) is 174. The largest absolute Gasteiger partial charge is 0.309 e. The Kier molecular flexibility index (Phi) is 16.2. The second-order valence-electron chi connectivity index (χ2n) is 37.4. The van der Waals surface area contributed by atoms with Gasteiger partial charge in [-0.1, -0.05) is 218 Å². The first-order valence-electron chi connectivity index (χ1n) is 48.2. The summed E-state index contributed by atoms with van der Waals surface area (Å²) < 4.78 is 21.8. The Morgan fingerprint density at radius 3 is 0.355 bits per heavy atom. The Labute approximate surface area is 805 Å². The summed E-state index contributed by atoms with van der Waals surface area (Å²) in [5.74, 6) is 1.64. The van der Waals surface area contributed by atoms with Crippen molar-refractivity contribution in [3.05, 3.63) is 473 Å². The third-order valence-corrected chi connectivity index (χ3v) is 30.0. The zero-order chi connectivity index (χ0) is 91.9. The second kappa shape index (κ2) is 29.7. The van der Waals surface area contributed by atoms with Gasteiger partial charge in [-0.25, -0.2) is 15.0 Å². The van der Waals surface area contributed by atoms with E-state index in [1.54, 1.807) is 0 Å². The molecular formula is C129H78N12. The van der Waals surface area contributed by atoms with Crippen LogP contribution in [-0.4, -0.2) is 56.1 Å². The first-order chi connectivity index (χ1) is 69.9. The maximum Gasteiger partial charge on any atom is 0.164 e. The average molecular weight is 1800 g/mol. The van der Waals surface area contributed by atoms with Crippen molar-refractivity contribution in [2.24, 2.45) is 0 Å². The summed E-state index contributed by atoms with van der Waals surface area (Å²) in [4.78, 5) is 16.8. The molecule has 0 amide bonds. The van der Waals surface area contributed by atoms with Crippen LogP contribution in [0.5, 0.6) is 0 Å². The molecule has 141 heavy (non-hydrogen) atoms. The van der Waals surface area contributed by atoms with Crippen molar-refractivity contribution in [2.75, 3.05) is 0 Å². The van der Waals surface area contributed by atoms with Gasteiger partial charge in [0.2, 0.25) is 0 Å². The first kappa shape index (κ1) is 77.2. The van der Waals surface area contributed by atoms with Crippen molar-refractivity contribution < 1.29 is 0 Å². The van der Waals surface area contributed by atoms with Crippen LogP contribution in [0, 0.1) is 0 Å². The molecule has 0 saturated heterocycles. The molecule has 31 rings (SSSR count). The first-order valence-corrected chi connectivity index (χ1v) is 48.2. The van der Waals surface area contributed by atoms with Crippen LogP contribution in [0.15, 0.2) is 473 Å². The van der Waals surface area contributed by atoms with Gasteiger partial charge in [0.05, 0.1) is 99.3 Å². The standard InChI is InChI=1S/C129H78N12/c1-13-37-109-91(25-1)92-26-2-14-38-110(92)136(109)85-61-67-121-103(73-85)104-74-86(137-111-39-15-3-27-93(111)94-28-4-16-40-112(94)137)62-68-122(104)133(121)82-55-49-79(50-56-82)127-130-128(80-51-57-83(58-52-80)134-123-69-63-87(138-113-41-17-5-29-95(113)96-30-6-18-42-114(96)138)75-105(123)106-76-88(64-70-124(106)134)139-115-43-19-7-31-97(115)98-32-8-20-44-116(98)139)132-129(131-127)81-53-59-84(60-54-81)135-125-71-65-89(140-117-45-21-9-33-99(117)100-34-10-22-46-118(100)140)77-107(125)108-78-90(66-72-126(108)135)141-119-47-23-11-35-101(119)102-36-12-24-48-120(102)141/h1-78H. The Morgan fingerprint density at radius 2 is 0.213 bits per heavy atom. The van der Waals surface area contributed by atoms with E-state index in [2.05, 4.69) is 514 Å². The number of aromatic nitrogens is 12. The SMILES string of the molecule is c1ccc2c(c1)c1ccccc1n2-c1ccc2c(c1)c1cc(-n3c4ccccc4c4ccccc43)ccc1n2-c1ccc(-c2nc(-c3ccc(-n4c5ccc(-n6c7ccccc7c7ccccc76)cc5c5cc(-n6c7ccccc7c7ccccc76)ccc54)cc3)nc(-c3ccc(-n4c5ccc(-n6c7ccccc7c7ccccc76)cc5c5cc(-n6c7ccccc7c7ccccc76)ccc54)cc3)n2)cc1. The Hall–Kier alpha value is -19.2. The Balaban J connectivity index is 0.577. The van der Waals surface area contributed by atoms with Crippen LogP contribution in [0.4, 0.5) is 0 Å². The third-order valence-electron chi connectivity index (χ3n) is 30.0. The quantitative estimate of drug-likeness (QED) is 0.122. The molecule has 0 fully saturated rings. The van der Waals surface area contributed by atoms with Gasteiger partial charge in [-0.2, -0.15) is 0 Å². The van der Waals surface area contributed by atoms with Gasteiger partial charge in [0.1, 0.15) is 0 Å². The maximum absolute atomic E-state index is 5.58. The Bertz CT molecular complexity index is 8980. The molecule has 0 unspecified atom stereocenters. The van der Waals surface area contributed by atoms with Gasteiger partial charge < -0.3 is 41.1 Å². The van der Waals surface area contributed by atoms with Crippen LogP contribution in [0.25, 0.3) is 282 Å². The molecule has 654 valence electrons. The van der Waals surface area contributed by atoms with Crippen molar-refractivity contribution in [2.45, 2.75) is 0 Å². The van der Waals surface area contributed by atoms with Gasteiger partial charge in [-0.05, 0) is 255 Å². The second-order valence-corrected chi connectivity index (χ2v) is 37.4. The van der Waals surface area contributed by atoms with Crippen molar-refractivity contribution in [1.29, 1.82) is 0 Å². The fourth-order valence-corrected chi connectivity index (χ4v) is 23.9. The third kappa shape index (κ3) is 11.3. The molecule has 10 aromatic heterocycles. The van der Waals surface area contributed by atoms with Gasteiger partial charge >= 0.3 is 0 Å². The van der Waals surface area contributed by atoms with Gasteiger partial charge in [0.15, 0.2) is 17.5 Å². The maximum atomic E-state index is 5.58. The molecule has 0 N–H and O–H groups in total. The number of nitrogens with zero attached hydrogens (tertiary/aromatic N) is 12. The van der Waals surface area contributed by atoms with Crippen molar-refractivity contribution in [3.63, 3.8) is 0 Å². The summed E-state index contributed by atoms with van der Waals surface area (Å²) >= 11 is 0. The summed E-state index contributed by atoms with van der Waals surface area (Å²) in [7, 11) is 0. The van der Waals surface area contributed by atoms with E-state index in [0.29, 0.717) is 17.5 Å².